The van der Waals surface area contributed by atoms with Gasteiger partial charge in [0.2, 0.25) is 0 Å². The van der Waals surface area contributed by atoms with Crippen LogP contribution in [0.1, 0.15) is 29.6 Å². The van der Waals surface area contributed by atoms with E-state index >= 15 is 0 Å². The third kappa shape index (κ3) is 3.91. The Morgan fingerprint density at radius 1 is 1.45 bits per heavy atom. The fourth-order valence-electron chi connectivity index (χ4n) is 2.61. The third-order valence-corrected chi connectivity index (χ3v) is 4.76. The first kappa shape index (κ1) is 15.7. The summed E-state index contributed by atoms with van der Waals surface area (Å²) in [4.78, 5) is 14.3. The molecule has 110 valence electrons. The van der Waals surface area contributed by atoms with Gasteiger partial charge in [0, 0.05) is 16.7 Å². The van der Waals surface area contributed by atoms with E-state index < -0.39 is 0 Å². The summed E-state index contributed by atoms with van der Waals surface area (Å²) < 4.78 is 13.8. The maximum atomic E-state index is 13.1. The molecule has 0 aliphatic carbocycles. The number of nitrogens with one attached hydrogen (secondary N) is 1. The maximum Gasteiger partial charge on any atom is 0.254 e. The molecule has 1 aromatic carbocycles. The van der Waals surface area contributed by atoms with Crippen LogP contribution in [-0.2, 0) is 0 Å². The zero-order chi connectivity index (χ0) is 14.5. The number of hydrogen-bond acceptors (Lipinski definition) is 2. The predicted octanol–water partition coefficient (Wildman–Crippen LogP) is 2.89. The second-order valence-electron chi connectivity index (χ2n) is 5.25. The summed E-state index contributed by atoms with van der Waals surface area (Å²) in [5.41, 5.74) is 0.612. The molecule has 1 aromatic rings. The smallest absolute Gasteiger partial charge is 0.254 e. The van der Waals surface area contributed by atoms with Gasteiger partial charge in [-0.2, -0.15) is 0 Å². The molecule has 3 nitrogen and oxygen atoms in total. The van der Waals surface area contributed by atoms with Crippen molar-refractivity contribution in [1.82, 2.24) is 10.2 Å². The van der Waals surface area contributed by atoms with Gasteiger partial charge >= 0.3 is 0 Å². The van der Waals surface area contributed by atoms with Gasteiger partial charge in [-0.1, -0.05) is 0 Å². The van der Waals surface area contributed by atoms with Gasteiger partial charge in [-0.05, 0) is 79.6 Å². The van der Waals surface area contributed by atoms with Crippen molar-refractivity contribution in [3.05, 3.63) is 33.1 Å². The van der Waals surface area contributed by atoms with E-state index in [0.717, 1.165) is 32.5 Å². The maximum absolute atomic E-state index is 13.1. The predicted molar refractivity (Wildman–Crippen MR) is 86.3 cm³/mol. The molecule has 1 aliphatic heterocycles. The largest absolute Gasteiger partial charge is 0.339 e. The van der Waals surface area contributed by atoms with E-state index in [1.54, 1.807) is 6.07 Å². The number of rotatable bonds is 4. The van der Waals surface area contributed by atoms with Crippen LogP contribution in [-0.4, -0.2) is 37.5 Å². The molecule has 1 saturated heterocycles. The van der Waals surface area contributed by atoms with Crippen LogP contribution in [0.4, 0.5) is 4.39 Å². The van der Waals surface area contributed by atoms with Crippen LogP contribution in [0, 0.1) is 15.3 Å². The van der Waals surface area contributed by atoms with E-state index in [1.807, 2.05) is 34.5 Å². The molecule has 1 heterocycles. The molecule has 0 unspecified atom stereocenters. The SMILES string of the molecule is CNCCC1CCN(C(=O)c2ccc(F)cc2I)CC1. The average molecular weight is 390 g/mol. The van der Waals surface area contributed by atoms with Crippen molar-refractivity contribution >= 4 is 28.5 Å². The van der Waals surface area contributed by atoms with Gasteiger partial charge in [0.1, 0.15) is 5.82 Å². The second kappa shape index (κ2) is 7.36. The number of hydrogen-bond donors (Lipinski definition) is 1. The lowest BCUT2D eigenvalue weighted by atomic mass is 9.93. The molecular formula is C15H20FIN2O. The number of likely N-dealkylation sites (tertiary alicyclic amines) is 1. The first-order chi connectivity index (χ1) is 9.61. The van der Waals surface area contributed by atoms with E-state index in [1.165, 1.54) is 18.6 Å². The first-order valence-electron chi connectivity index (χ1n) is 7.00. The molecule has 0 saturated carbocycles. The number of amides is 1. The highest BCUT2D eigenvalue weighted by atomic mass is 127. The Labute approximate surface area is 133 Å². The molecule has 1 N–H and O–H groups in total. The lowest BCUT2D eigenvalue weighted by Gasteiger charge is -2.32. The molecule has 2 rings (SSSR count). The molecule has 0 bridgehead atoms. The summed E-state index contributed by atoms with van der Waals surface area (Å²) >= 11 is 2.02. The lowest BCUT2D eigenvalue weighted by molar-refractivity contribution is 0.0686. The molecule has 0 spiro atoms. The summed E-state index contributed by atoms with van der Waals surface area (Å²) in [7, 11) is 1.97. The van der Waals surface area contributed by atoms with E-state index in [0.29, 0.717) is 15.1 Å². The van der Waals surface area contributed by atoms with Crippen LogP contribution >= 0.6 is 22.6 Å². The summed E-state index contributed by atoms with van der Waals surface area (Å²) in [5.74, 6) is 0.442. The minimum Gasteiger partial charge on any atom is -0.339 e. The van der Waals surface area contributed by atoms with Gasteiger partial charge in [-0.15, -0.1) is 0 Å². The van der Waals surface area contributed by atoms with Crippen molar-refractivity contribution in [3.8, 4) is 0 Å². The molecular weight excluding hydrogens is 370 g/mol. The molecule has 1 fully saturated rings. The van der Waals surface area contributed by atoms with Crippen LogP contribution in [0.5, 0.6) is 0 Å². The van der Waals surface area contributed by atoms with Crippen molar-refractivity contribution in [3.63, 3.8) is 0 Å². The second-order valence-corrected chi connectivity index (χ2v) is 6.41. The molecule has 1 amide bonds. The van der Waals surface area contributed by atoms with Crippen molar-refractivity contribution in [2.45, 2.75) is 19.3 Å². The Morgan fingerprint density at radius 2 is 2.15 bits per heavy atom. The van der Waals surface area contributed by atoms with Crippen molar-refractivity contribution in [2.24, 2.45) is 5.92 Å². The Hall–Kier alpha value is -0.690. The fraction of sp³-hybridized carbons (Fsp3) is 0.533. The van der Waals surface area contributed by atoms with Crippen LogP contribution in [0.3, 0.4) is 0 Å². The zero-order valence-electron chi connectivity index (χ0n) is 11.7. The van der Waals surface area contributed by atoms with Gasteiger partial charge in [0.05, 0.1) is 5.56 Å². The number of nitrogens with zero attached hydrogens (tertiary/aromatic N) is 1. The summed E-state index contributed by atoms with van der Waals surface area (Å²) in [6, 6.07) is 4.36. The summed E-state index contributed by atoms with van der Waals surface area (Å²) in [6.07, 6.45) is 3.29. The molecule has 0 radical (unpaired) electrons. The van der Waals surface area contributed by atoms with Crippen LogP contribution in [0.25, 0.3) is 0 Å². The number of piperidine rings is 1. The number of carbonyl (C=O) groups excluding carboxylic acids is 1. The summed E-state index contributed by atoms with van der Waals surface area (Å²) in [5, 5.41) is 3.17. The quantitative estimate of drug-likeness (QED) is 0.803. The zero-order valence-corrected chi connectivity index (χ0v) is 13.8. The topological polar surface area (TPSA) is 32.3 Å². The normalized spacial score (nSPS) is 16.4. The molecule has 20 heavy (non-hydrogen) atoms. The molecule has 0 aromatic heterocycles. The lowest BCUT2D eigenvalue weighted by Crippen LogP contribution is -2.39. The van der Waals surface area contributed by atoms with Crippen molar-refractivity contribution < 1.29 is 9.18 Å². The number of halogens is 2. The van der Waals surface area contributed by atoms with E-state index in [4.69, 9.17) is 0 Å². The molecule has 0 atom stereocenters. The van der Waals surface area contributed by atoms with Gasteiger partial charge in [-0.3, -0.25) is 4.79 Å². The van der Waals surface area contributed by atoms with E-state index in [-0.39, 0.29) is 11.7 Å². The Kier molecular flexibility index (Phi) is 5.77. The highest BCUT2D eigenvalue weighted by molar-refractivity contribution is 14.1. The van der Waals surface area contributed by atoms with Gasteiger partial charge < -0.3 is 10.2 Å². The summed E-state index contributed by atoms with van der Waals surface area (Å²) in [6.45, 7) is 2.65. The highest BCUT2D eigenvalue weighted by Gasteiger charge is 2.24. The van der Waals surface area contributed by atoms with Crippen molar-refractivity contribution in [2.75, 3.05) is 26.7 Å². The first-order valence-corrected chi connectivity index (χ1v) is 8.08. The number of carbonyl (C=O) groups is 1. The van der Waals surface area contributed by atoms with Crippen LogP contribution in [0.15, 0.2) is 18.2 Å². The Balaban J connectivity index is 1.94. The van der Waals surface area contributed by atoms with E-state index in [2.05, 4.69) is 5.32 Å². The van der Waals surface area contributed by atoms with Gasteiger partial charge in [-0.25, -0.2) is 4.39 Å². The van der Waals surface area contributed by atoms with E-state index in [9.17, 15) is 9.18 Å². The van der Waals surface area contributed by atoms with Crippen molar-refractivity contribution in [1.29, 1.82) is 0 Å². The molecule has 1 aliphatic rings. The third-order valence-electron chi connectivity index (χ3n) is 3.87. The van der Waals surface area contributed by atoms with Gasteiger partial charge in [0.25, 0.3) is 5.91 Å². The average Bonchev–Trinajstić information content (AvgIpc) is 2.45. The fourth-order valence-corrected chi connectivity index (χ4v) is 3.31. The standard InChI is InChI=1S/C15H20FIN2O/c1-18-7-4-11-5-8-19(9-6-11)15(20)13-3-2-12(16)10-14(13)17/h2-3,10-11,18H,4-9H2,1H3. The van der Waals surface area contributed by atoms with Crippen LogP contribution < -0.4 is 5.32 Å². The minimum absolute atomic E-state index is 0.0291. The molecule has 5 heteroatoms. The highest BCUT2D eigenvalue weighted by Crippen LogP contribution is 2.23. The monoisotopic (exact) mass is 390 g/mol. The van der Waals surface area contributed by atoms with Gasteiger partial charge in [0.15, 0.2) is 0 Å². The van der Waals surface area contributed by atoms with Crippen LogP contribution in [0.2, 0.25) is 0 Å². The minimum atomic E-state index is -0.295. The Morgan fingerprint density at radius 3 is 2.75 bits per heavy atom. The Bertz CT molecular complexity index is 473. The number of benzene rings is 1.